The molecular formula is C16H21NO2. The van der Waals surface area contributed by atoms with E-state index in [0.29, 0.717) is 0 Å². The summed E-state index contributed by atoms with van der Waals surface area (Å²) in [5.41, 5.74) is 5.66. The first-order valence-corrected chi connectivity index (χ1v) is 6.69. The van der Waals surface area contributed by atoms with Gasteiger partial charge in [-0.05, 0) is 50.5 Å². The molecular weight excluding hydrogens is 238 g/mol. The van der Waals surface area contributed by atoms with Crippen LogP contribution in [0.4, 0.5) is 0 Å². The minimum atomic E-state index is 0.835. The van der Waals surface area contributed by atoms with Crippen molar-refractivity contribution in [2.24, 2.45) is 0 Å². The monoisotopic (exact) mass is 259 g/mol. The molecule has 0 aliphatic rings. The molecule has 1 aromatic carbocycles. The molecule has 1 heterocycles. The summed E-state index contributed by atoms with van der Waals surface area (Å²) in [6, 6.07) is 4.32. The molecule has 0 N–H and O–H groups in total. The highest BCUT2D eigenvalue weighted by Gasteiger charge is 2.17. The van der Waals surface area contributed by atoms with Gasteiger partial charge in [0.05, 0.1) is 18.4 Å². The van der Waals surface area contributed by atoms with Crippen molar-refractivity contribution >= 4 is 0 Å². The van der Waals surface area contributed by atoms with Crippen LogP contribution in [0, 0.1) is 20.8 Å². The molecule has 3 nitrogen and oxygen atoms in total. The van der Waals surface area contributed by atoms with Gasteiger partial charge in [0.2, 0.25) is 0 Å². The molecule has 0 saturated carbocycles. The van der Waals surface area contributed by atoms with Crippen molar-refractivity contribution in [1.82, 2.24) is 5.16 Å². The summed E-state index contributed by atoms with van der Waals surface area (Å²) < 4.78 is 10.8. The Hall–Kier alpha value is -1.77. The summed E-state index contributed by atoms with van der Waals surface area (Å²) in [4.78, 5) is 0. The van der Waals surface area contributed by atoms with E-state index in [1.165, 1.54) is 11.1 Å². The minimum Gasteiger partial charge on any atom is -0.496 e. The molecule has 0 unspecified atom stereocenters. The molecule has 0 aliphatic heterocycles. The fourth-order valence-electron chi connectivity index (χ4n) is 2.50. The van der Waals surface area contributed by atoms with E-state index in [4.69, 9.17) is 9.26 Å². The molecule has 1 aromatic heterocycles. The number of aromatic nitrogens is 1. The number of hydrogen-bond acceptors (Lipinski definition) is 3. The Balaban J connectivity index is 2.64. The van der Waals surface area contributed by atoms with E-state index in [1.807, 2.05) is 13.8 Å². The van der Waals surface area contributed by atoms with Crippen LogP contribution in [0.25, 0.3) is 11.1 Å². The van der Waals surface area contributed by atoms with E-state index in [0.717, 1.165) is 41.2 Å². The second-order valence-corrected chi connectivity index (χ2v) is 4.93. The number of benzene rings is 1. The Morgan fingerprint density at radius 2 is 1.95 bits per heavy atom. The molecule has 2 rings (SSSR count). The van der Waals surface area contributed by atoms with E-state index in [9.17, 15) is 0 Å². The van der Waals surface area contributed by atoms with Gasteiger partial charge in [-0.2, -0.15) is 0 Å². The lowest BCUT2D eigenvalue weighted by molar-refractivity contribution is 0.393. The third kappa shape index (κ3) is 2.50. The van der Waals surface area contributed by atoms with Crippen molar-refractivity contribution in [3.63, 3.8) is 0 Å². The second kappa shape index (κ2) is 5.47. The zero-order valence-electron chi connectivity index (χ0n) is 12.3. The average molecular weight is 259 g/mol. The molecule has 3 heteroatoms. The summed E-state index contributed by atoms with van der Waals surface area (Å²) in [6.07, 6.45) is 2.21. The van der Waals surface area contributed by atoms with Crippen LogP contribution in [-0.4, -0.2) is 12.3 Å². The standard InChI is InChI=1S/C16H21NO2/c1-6-7-13-9-14(15(18-5)8-10(13)2)16-11(3)17-19-12(16)4/h8-9H,6-7H2,1-5H3. The Kier molecular flexibility index (Phi) is 3.93. The molecule has 19 heavy (non-hydrogen) atoms. The van der Waals surface area contributed by atoms with E-state index in [2.05, 4.69) is 31.1 Å². The van der Waals surface area contributed by atoms with Crippen LogP contribution in [0.2, 0.25) is 0 Å². The number of nitrogens with zero attached hydrogens (tertiary/aromatic N) is 1. The zero-order valence-corrected chi connectivity index (χ0v) is 12.3. The molecule has 102 valence electrons. The lowest BCUT2D eigenvalue weighted by atomic mass is 9.95. The Morgan fingerprint density at radius 3 is 2.47 bits per heavy atom. The molecule has 0 spiro atoms. The average Bonchev–Trinajstić information content (AvgIpc) is 2.71. The van der Waals surface area contributed by atoms with Gasteiger partial charge >= 0.3 is 0 Å². The van der Waals surface area contributed by atoms with Crippen molar-refractivity contribution < 1.29 is 9.26 Å². The molecule has 0 fully saturated rings. The molecule has 0 saturated heterocycles. The maximum atomic E-state index is 5.52. The van der Waals surface area contributed by atoms with Crippen molar-refractivity contribution in [2.45, 2.75) is 40.5 Å². The summed E-state index contributed by atoms with van der Waals surface area (Å²) in [6.45, 7) is 8.22. The summed E-state index contributed by atoms with van der Waals surface area (Å²) in [5, 5.41) is 4.04. The van der Waals surface area contributed by atoms with Gasteiger partial charge in [0, 0.05) is 5.56 Å². The van der Waals surface area contributed by atoms with Crippen LogP contribution in [0.1, 0.15) is 35.9 Å². The smallest absolute Gasteiger partial charge is 0.141 e. The fraction of sp³-hybridized carbons (Fsp3) is 0.438. The summed E-state index contributed by atoms with van der Waals surface area (Å²) in [5.74, 6) is 1.72. The van der Waals surface area contributed by atoms with Crippen LogP contribution in [-0.2, 0) is 6.42 Å². The minimum absolute atomic E-state index is 0.835. The predicted molar refractivity (Wildman–Crippen MR) is 76.7 cm³/mol. The molecule has 0 amide bonds. The lowest BCUT2D eigenvalue weighted by Crippen LogP contribution is -1.96. The molecule has 0 radical (unpaired) electrons. The van der Waals surface area contributed by atoms with Crippen molar-refractivity contribution in [3.05, 3.63) is 34.7 Å². The second-order valence-electron chi connectivity index (χ2n) is 4.93. The zero-order chi connectivity index (χ0) is 14.0. The molecule has 2 aromatic rings. The Labute approximate surface area is 114 Å². The normalized spacial score (nSPS) is 10.8. The van der Waals surface area contributed by atoms with E-state index < -0.39 is 0 Å². The van der Waals surface area contributed by atoms with E-state index in [-0.39, 0.29) is 0 Å². The highest BCUT2D eigenvalue weighted by Crippen LogP contribution is 2.36. The number of methoxy groups -OCH3 is 1. The SMILES string of the molecule is CCCc1cc(-c2c(C)noc2C)c(OC)cc1C. The van der Waals surface area contributed by atoms with Gasteiger partial charge < -0.3 is 9.26 Å². The van der Waals surface area contributed by atoms with Crippen molar-refractivity contribution in [1.29, 1.82) is 0 Å². The quantitative estimate of drug-likeness (QED) is 0.824. The first kappa shape index (κ1) is 13.7. The van der Waals surface area contributed by atoms with Gasteiger partial charge in [-0.15, -0.1) is 0 Å². The van der Waals surface area contributed by atoms with Gasteiger partial charge in [-0.1, -0.05) is 18.5 Å². The lowest BCUT2D eigenvalue weighted by Gasteiger charge is -2.13. The van der Waals surface area contributed by atoms with Gasteiger partial charge in [-0.3, -0.25) is 0 Å². The maximum absolute atomic E-state index is 5.52. The first-order chi connectivity index (χ1) is 9.08. The highest BCUT2D eigenvalue weighted by molar-refractivity contribution is 5.75. The number of aryl methyl sites for hydroxylation is 4. The van der Waals surface area contributed by atoms with Crippen LogP contribution < -0.4 is 4.74 Å². The topological polar surface area (TPSA) is 35.3 Å². The van der Waals surface area contributed by atoms with Crippen LogP contribution in [0.15, 0.2) is 16.7 Å². The molecule has 0 bridgehead atoms. The Morgan fingerprint density at radius 1 is 1.21 bits per heavy atom. The van der Waals surface area contributed by atoms with Crippen LogP contribution >= 0.6 is 0 Å². The van der Waals surface area contributed by atoms with Crippen LogP contribution in [0.3, 0.4) is 0 Å². The van der Waals surface area contributed by atoms with E-state index >= 15 is 0 Å². The first-order valence-electron chi connectivity index (χ1n) is 6.69. The number of rotatable bonds is 4. The van der Waals surface area contributed by atoms with Gasteiger partial charge in [0.25, 0.3) is 0 Å². The summed E-state index contributed by atoms with van der Waals surface area (Å²) in [7, 11) is 1.70. The third-order valence-corrected chi connectivity index (χ3v) is 3.48. The predicted octanol–water partition coefficient (Wildman–Crippen LogP) is 4.23. The maximum Gasteiger partial charge on any atom is 0.141 e. The molecule has 0 aliphatic carbocycles. The fourth-order valence-corrected chi connectivity index (χ4v) is 2.50. The highest BCUT2D eigenvalue weighted by atomic mass is 16.5. The van der Waals surface area contributed by atoms with Gasteiger partial charge in [0.15, 0.2) is 0 Å². The number of ether oxygens (including phenoxy) is 1. The number of hydrogen-bond donors (Lipinski definition) is 0. The van der Waals surface area contributed by atoms with Crippen LogP contribution in [0.5, 0.6) is 5.75 Å². The van der Waals surface area contributed by atoms with Gasteiger partial charge in [0.1, 0.15) is 11.5 Å². The van der Waals surface area contributed by atoms with E-state index in [1.54, 1.807) is 7.11 Å². The summed E-state index contributed by atoms with van der Waals surface area (Å²) >= 11 is 0. The van der Waals surface area contributed by atoms with Crippen molar-refractivity contribution in [2.75, 3.05) is 7.11 Å². The largest absolute Gasteiger partial charge is 0.496 e. The van der Waals surface area contributed by atoms with Crippen molar-refractivity contribution in [3.8, 4) is 16.9 Å². The molecule has 0 atom stereocenters. The Bertz CT molecular complexity index is 565. The third-order valence-electron chi connectivity index (χ3n) is 3.48. The van der Waals surface area contributed by atoms with Gasteiger partial charge in [-0.25, -0.2) is 0 Å².